The number of hydrogen-bond donors (Lipinski definition) is 2. The van der Waals surface area contributed by atoms with Gasteiger partial charge >= 0.3 is 6.09 Å². The van der Waals surface area contributed by atoms with E-state index in [0.717, 1.165) is 11.1 Å². The number of rotatable bonds is 4. The number of nitrogens with one attached hydrogen (secondary N) is 2. The molecule has 2 heterocycles. The molecule has 0 bridgehead atoms. The molecule has 1 saturated heterocycles. The second-order valence-electron chi connectivity index (χ2n) is 4.93. The fourth-order valence-electron chi connectivity index (χ4n) is 2.33. The minimum Gasteiger partial charge on any atom is -0.439 e. The van der Waals surface area contributed by atoms with Crippen LogP contribution in [0.2, 0.25) is 0 Å². The molecule has 1 aromatic heterocycles. The van der Waals surface area contributed by atoms with Crippen LogP contribution < -0.4 is 10.6 Å². The quantitative estimate of drug-likeness (QED) is 0.897. The standard InChI is InChI=1S/C16H15N3O3/c20-15(18-10-11-6-8-17-9-7-11)13-14(22-16(21)19-13)12-4-2-1-3-5-12/h1-9,13-14H,10H2,(H,18,20)(H,19,21). The van der Waals surface area contributed by atoms with E-state index in [9.17, 15) is 9.59 Å². The Bertz CT molecular complexity index is 661. The Labute approximate surface area is 127 Å². The van der Waals surface area contributed by atoms with Crippen LogP contribution in [0.5, 0.6) is 0 Å². The molecule has 2 aromatic rings. The number of benzene rings is 1. The molecular formula is C16H15N3O3. The van der Waals surface area contributed by atoms with Crippen molar-refractivity contribution in [3.05, 3.63) is 66.0 Å². The number of cyclic esters (lactones) is 1. The molecule has 3 rings (SSSR count). The number of hydrogen-bond acceptors (Lipinski definition) is 4. The lowest BCUT2D eigenvalue weighted by atomic mass is 10.0. The fourth-order valence-corrected chi connectivity index (χ4v) is 2.33. The van der Waals surface area contributed by atoms with E-state index in [2.05, 4.69) is 15.6 Å². The molecule has 0 saturated carbocycles. The Morgan fingerprint density at radius 1 is 1.18 bits per heavy atom. The molecule has 6 heteroatoms. The Hall–Kier alpha value is -2.89. The molecule has 2 amide bonds. The zero-order chi connectivity index (χ0) is 15.4. The van der Waals surface area contributed by atoms with E-state index in [1.807, 2.05) is 42.5 Å². The third-order valence-corrected chi connectivity index (χ3v) is 3.44. The van der Waals surface area contributed by atoms with Crippen LogP contribution in [0, 0.1) is 0 Å². The van der Waals surface area contributed by atoms with Crippen LogP contribution in [-0.2, 0) is 16.1 Å². The highest BCUT2D eigenvalue weighted by atomic mass is 16.6. The van der Waals surface area contributed by atoms with Crippen molar-refractivity contribution < 1.29 is 14.3 Å². The summed E-state index contributed by atoms with van der Waals surface area (Å²) in [5.74, 6) is -0.281. The zero-order valence-corrected chi connectivity index (χ0v) is 11.7. The molecule has 1 aliphatic heterocycles. The van der Waals surface area contributed by atoms with Crippen LogP contribution in [-0.4, -0.2) is 23.0 Å². The van der Waals surface area contributed by atoms with Crippen LogP contribution in [0.25, 0.3) is 0 Å². The average Bonchev–Trinajstić information content (AvgIpc) is 2.96. The maximum atomic E-state index is 12.3. The summed E-state index contributed by atoms with van der Waals surface area (Å²) < 4.78 is 5.21. The van der Waals surface area contributed by atoms with Crippen molar-refractivity contribution in [1.29, 1.82) is 0 Å². The highest BCUT2D eigenvalue weighted by Gasteiger charge is 2.39. The van der Waals surface area contributed by atoms with Gasteiger partial charge in [0.1, 0.15) is 0 Å². The van der Waals surface area contributed by atoms with E-state index in [1.54, 1.807) is 12.4 Å². The van der Waals surface area contributed by atoms with Crippen molar-refractivity contribution in [3.8, 4) is 0 Å². The first-order chi connectivity index (χ1) is 10.7. The molecule has 112 valence electrons. The highest BCUT2D eigenvalue weighted by molar-refractivity contribution is 5.88. The monoisotopic (exact) mass is 297 g/mol. The van der Waals surface area contributed by atoms with Gasteiger partial charge in [0, 0.05) is 18.9 Å². The molecule has 1 aromatic carbocycles. The number of pyridine rings is 1. The molecule has 1 aliphatic rings. The Balaban J connectivity index is 1.69. The Morgan fingerprint density at radius 2 is 1.91 bits per heavy atom. The van der Waals surface area contributed by atoms with Crippen molar-refractivity contribution >= 4 is 12.0 Å². The van der Waals surface area contributed by atoms with Crippen molar-refractivity contribution in [2.75, 3.05) is 0 Å². The van der Waals surface area contributed by atoms with Gasteiger partial charge in [0.05, 0.1) is 0 Å². The van der Waals surface area contributed by atoms with E-state index < -0.39 is 18.2 Å². The smallest absolute Gasteiger partial charge is 0.408 e. The summed E-state index contributed by atoms with van der Waals surface area (Å²) in [5, 5.41) is 5.35. The summed E-state index contributed by atoms with van der Waals surface area (Å²) in [6.07, 6.45) is 2.12. The first kappa shape index (κ1) is 14.1. The Morgan fingerprint density at radius 3 is 2.64 bits per heavy atom. The van der Waals surface area contributed by atoms with Gasteiger partial charge in [-0.3, -0.25) is 9.78 Å². The van der Waals surface area contributed by atoms with E-state index >= 15 is 0 Å². The molecule has 2 N–H and O–H groups in total. The van der Waals surface area contributed by atoms with Crippen molar-refractivity contribution in [2.45, 2.75) is 18.7 Å². The van der Waals surface area contributed by atoms with Gasteiger partial charge in [-0.1, -0.05) is 30.3 Å². The van der Waals surface area contributed by atoms with Crippen LogP contribution in [0.4, 0.5) is 4.79 Å². The third kappa shape index (κ3) is 3.06. The van der Waals surface area contributed by atoms with Gasteiger partial charge in [0.2, 0.25) is 5.91 Å². The molecule has 0 aliphatic carbocycles. The second kappa shape index (κ2) is 6.26. The molecule has 0 spiro atoms. The second-order valence-corrected chi connectivity index (χ2v) is 4.93. The van der Waals surface area contributed by atoms with E-state index in [1.165, 1.54) is 0 Å². The normalized spacial score (nSPS) is 20.1. The number of ether oxygens (including phenoxy) is 1. The summed E-state index contributed by atoms with van der Waals surface area (Å²) in [5.41, 5.74) is 1.72. The van der Waals surface area contributed by atoms with Crippen molar-refractivity contribution in [3.63, 3.8) is 0 Å². The van der Waals surface area contributed by atoms with Gasteiger partial charge < -0.3 is 15.4 Å². The van der Waals surface area contributed by atoms with Gasteiger partial charge in [-0.2, -0.15) is 0 Å². The van der Waals surface area contributed by atoms with Crippen molar-refractivity contribution in [2.24, 2.45) is 0 Å². The van der Waals surface area contributed by atoms with Gasteiger partial charge in [-0.25, -0.2) is 4.79 Å². The largest absolute Gasteiger partial charge is 0.439 e. The Kier molecular flexibility index (Phi) is 4.00. The van der Waals surface area contributed by atoms with Crippen molar-refractivity contribution in [1.82, 2.24) is 15.6 Å². The molecule has 6 nitrogen and oxygen atoms in total. The van der Waals surface area contributed by atoms with Gasteiger partial charge in [0.15, 0.2) is 12.1 Å². The van der Waals surface area contributed by atoms with Gasteiger partial charge in [0.25, 0.3) is 0 Å². The van der Waals surface area contributed by atoms with Crippen LogP contribution >= 0.6 is 0 Å². The van der Waals surface area contributed by atoms with Crippen LogP contribution in [0.1, 0.15) is 17.2 Å². The predicted octanol–water partition coefficient (Wildman–Crippen LogP) is 1.55. The predicted molar refractivity (Wildman–Crippen MR) is 78.7 cm³/mol. The molecule has 2 unspecified atom stereocenters. The minimum absolute atomic E-state index is 0.281. The van der Waals surface area contributed by atoms with E-state index in [-0.39, 0.29) is 5.91 Å². The number of amides is 2. The average molecular weight is 297 g/mol. The summed E-state index contributed by atoms with van der Waals surface area (Å²) >= 11 is 0. The van der Waals surface area contributed by atoms with Gasteiger partial charge in [-0.05, 0) is 23.3 Å². The summed E-state index contributed by atoms with van der Waals surface area (Å²) in [4.78, 5) is 27.7. The maximum Gasteiger partial charge on any atom is 0.408 e. The summed E-state index contributed by atoms with van der Waals surface area (Å²) in [7, 11) is 0. The number of carbonyl (C=O) groups excluding carboxylic acids is 2. The lowest BCUT2D eigenvalue weighted by molar-refractivity contribution is -0.124. The first-order valence-electron chi connectivity index (χ1n) is 6.93. The molecular weight excluding hydrogens is 282 g/mol. The summed E-state index contributed by atoms with van der Waals surface area (Å²) in [6, 6.07) is 12.1. The number of alkyl carbamates (subject to hydrolysis) is 1. The lowest BCUT2D eigenvalue weighted by Gasteiger charge is -2.17. The van der Waals surface area contributed by atoms with E-state index in [0.29, 0.717) is 6.54 Å². The maximum absolute atomic E-state index is 12.3. The first-order valence-corrected chi connectivity index (χ1v) is 6.93. The lowest BCUT2D eigenvalue weighted by Crippen LogP contribution is -2.43. The van der Waals surface area contributed by atoms with E-state index in [4.69, 9.17) is 4.74 Å². The number of carbonyl (C=O) groups is 2. The zero-order valence-electron chi connectivity index (χ0n) is 11.7. The van der Waals surface area contributed by atoms with Gasteiger partial charge in [-0.15, -0.1) is 0 Å². The topological polar surface area (TPSA) is 80.3 Å². The fraction of sp³-hybridized carbons (Fsp3) is 0.188. The SMILES string of the molecule is O=C1NC(C(=O)NCc2ccncc2)C(c2ccccc2)O1. The molecule has 0 radical (unpaired) electrons. The summed E-state index contributed by atoms with van der Waals surface area (Å²) in [6.45, 7) is 0.370. The molecule has 22 heavy (non-hydrogen) atoms. The minimum atomic E-state index is -0.739. The highest BCUT2D eigenvalue weighted by Crippen LogP contribution is 2.26. The molecule has 1 fully saturated rings. The molecule has 2 atom stereocenters. The number of nitrogens with zero attached hydrogens (tertiary/aromatic N) is 1. The van der Waals surface area contributed by atoms with Crippen LogP contribution in [0.3, 0.4) is 0 Å². The number of aromatic nitrogens is 1. The van der Waals surface area contributed by atoms with Crippen LogP contribution in [0.15, 0.2) is 54.9 Å². The third-order valence-electron chi connectivity index (χ3n) is 3.44.